The molecule has 0 radical (unpaired) electrons. The average molecular weight is 272 g/mol. The predicted octanol–water partition coefficient (Wildman–Crippen LogP) is 2.69. The number of halogens is 1. The summed E-state index contributed by atoms with van der Waals surface area (Å²) in [6, 6.07) is 5.36. The number of nitrogens with one attached hydrogen (secondary N) is 1. The molecule has 0 saturated heterocycles. The molecule has 1 aromatic carbocycles. The van der Waals surface area contributed by atoms with Gasteiger partial charge in [-0.15, -0.1) is 0 Å². The van der Waals surface area contributed by atoms with Crippen LogP contribution in [0.4, 0.5) is 0 Å². The first-order valence-electron chi connectivity index (χ1n) is 5.93. The van der Waals surface area contributed by atoms with Crippen LogP contribution in [0.25, 0.3) is 0 Å². The number of ether oxygens (including phenoxy) is 1. The lowest BCUT2D eigenvalue weighted by atomic mass is 10.2. The molecule has 0 heterocycles. The van der Waals surface area contributed by atoms with E-state index in [-0.39, 0.29) is 0 Å². The molecule has 0 aromatic heterocycles. The molecule has 18 heavy (non-hydrogen) atoms. The zero-order valence-electron chi connectivity index (χ0n) is 10.6. The number of hydrogen-bond acceptors (Lipinski definition) is 3. The Hall–Kier alpha value is -1.26. The van der Waals surface area contributed by atoms with Crippen LogP contribution in [-0.2, 0) is 11.3 Å². The van der Waals surface area contributed by atoms with E-state index in [9.17, 15) is 4.79 Å². The van der Waals surface area contributed by atoms with Crippen LogP contribution in [0, 0.1) is 0 Å². The van der Waals surface area contributed by atoms with Gasteiger partial charge in [0.1, 0.15) is 5.75 Å². The van der Waals surface area contributed by atoms with E-state index in [0.717, 1.165) is 25.1 Å². The zero-order valence-corrected chi connectivity index (χ0v) is 11.3. The van der Waals surface area contributed by atoms with Crippen LogP contribution >= 0.6 is 11.6 Å². The van der Waals surface area contributed by atoms with E-state index in [1.165, 1.54) is 6.92 Å². The third-order valence-corrected chi connectivity index (χ3v) is 2.70. The highest BCUT2D eigenvalue weighted by atomic mass is 35.5. The van der Waals surface area contributed by atoms with Crippen LogP contribution in [0.2, 0.25) is 5.02 Å². The molecule has 100 valence electrons. The first-order chi connectivity index (χ1) is 8.54. The molecule has 0 saturated carbocycles. The van der Waals surface area contributed by atoms with Gasteiger partial charge in [-0.05, 0) is 37.6 Å². The summed E-state index contributed by atoms with van der Waals surface area (Å²) in [6.07, 6.45) is 0.164. The predicted molar refractivity (Wildman–Crippen MR) is 71.2 cm³/mol. The lowest BCUT2D eigenvalue weighted by molar-refractivity contribution is -0.144. The molecule has 0 bridgehead atoms. The van der Waals surface area contributed by atoms with Crippen LogP contribution in [0.5, 0.6) is 5.75 Å². The van der Waals surface area contributed by atoms with Gasteiger partial charge in [0.15, 0.2) is 6.10 Å². The number of carbonyl (C=O) groups is 1. The second-order valence-corrected chi connectivity index (χ2v) is 4.45. The number of carboxylic acids is 1. The van der Waals surface area contributed by atoms with Crippen LogP contribution in [-0.4, -0.2) is 23.7 Å². The van der Waals surface area contributed by atoms with Crippen LogP contribution in [0.3, 0.4) is 0 Å². The fourth-order valence-electron chi connectivity index (χ4n) is 1.40. The van der Waals surface area contributed by atoms with E-state index in [2.05, 4.69) is 12.2 Å². The molecule has 1 unspecified atom stereocenters. The summed E-state index contributed by atoms with van der Waals surface area (Å²) in [5, 5.41) is 12.4. The van der Waals surface area contributed by atoms with Crippen molar-refractivity contribution in [3.8, 4) is 5.75 Å². The zero-order chi connectivity index (χ0) is 13.5. The van der Waals surface area contributed by atoms with Gasteiger partial charge in [0, 0.05) is 6.54 Å². The summed E-state index contributed by atoms with van der Waals surface area (Å²) in [5.74, 6) is -0.620. The Morgan fingerprint density at radius 3 is 2.83 bits per heavy atom. The van der Waals surface area contributed by atoms with Crippen molar-refractivity contribution >= 4 is 17.6 Å². The van der Waals surface area contributed by atoms with Gasteiger partial charge in [0.25, 0.3) is 0 Å². The Labute approximate surface area is 112 Å². The topological polar surface area (TPSA) is 58.6 Å². The monoisotopic (exact) mass is 271 g/mol. The van der Waals surface area contributed by atoms with Crippen LogP contribution in [0.1, 0.15) is 25.8 Å². The summed E-state index contributed by atoms with van der Waals surface area (Å²) in [7, 11) is 0. The lowest BCUT2D eigenvalue weighted by Crippen LogP contribution is -2.23. The molecule has 4 nitrogen and oxygen atoms in total. The third-order valence-electron chi connectivity index (χ3n) is 2.40. The van der Waals surface area contributed by atoms with Gasteiger partial charge in [0.2, 0.25) is 0 Å². The Bertz CT molecular complexity index is 409. The van der Waals surface area contributed by atoms with Gasteiger partial charge >= 0.3 is 5.97 Å². The molecule has 5 heteroatoms. The van der Waals surface area contributed by atoms with E-state index in [4.69, 9.17) is 21.4 Å². The number of aliphatic carboxylic acids is 1. The molecule has 0 aliphatic carbocycles. The van der Waals surface area contributed by atoms with E-state index < -0.39 is 12.1 Å². The first kappa shape index (κ1) is 14.8. The highest BCUT2D eigenvalue weighted by Gasteiger charge is 2.14. The largest absolute Gasteiger partial charge is 0.479 e. The van der Waals surface area contributed by atoms with Gasteiger partial charge in [-0.25, -0.2) is 4.79 Å². The minimum Gasteiger partial charge on any atom is -0.479 e. The Morgan fingerprint density at radius 1 is 1.56 bits per heavy atom. The summed E-state index contributed by atoms with van der Waals surface area (Å²) in [4.78, 5) is 10.7. The van der Waals surface area contributed by atoms with E-state index in [1.54, 1.807) is 12.1 Å². The number of hydrogen-bond donors (Lipinski definition) is 2. The molecule has 1 rings (SSSR count). The van der Waals surface area contributed by atoms with Crippen molar-refractivity contribution in [2.75, 3.05) is 6.54 Å². The maximum atomic E-state index is 10.7. The normalized spacial score (nSPS) is 12.2. The quantitative estimate of drug-likeness (QED) is 0.749. The molecule has 0 spiro atoms. The molecule has 0 aliphatic rings. The summed E-state index contributed by atoms with van der Waals surface area (Å²) >= 11 is 6.05. The minimum absolute atomic E-state index is 0.394. The number of rotatable bonds is 7. The SMILES string of the molecule is CCCNCc1ccc(OC(C)C(=O)O)c(Cl)c1. The highest BCUT2D eigenvalue weighted by Crippen LogP contribution is 2.26. The minimum atomic E-state index is -1.01. The van der Waals surface area contributed by atoms with Gasteiger partial charge < -0.3 is 15.2 Å². The summed E-state index contributed by atoms with van der Waals surface area (Å²) in [5.41, 5.74) is 1.05. The molecule has 1 atom stereocenters. The summed E-state index contributed by atoms with van der Waals surface area (Å²) < 4.78 is 5.24. The van der Waals surface area contributed by atoms with E-state index in [0.29, 0.717) is 10.8 Å². The van der Waals surface area contributed by atoms with Crippen molar-refractivity contribution < 1.29 is 14.6 Å². The van der Waals surface area contributed by atoms with Crippen LogP contribution in [0.15, 0.2) is 18.2 Å². The van der Waals surface area contributed by atoms with Crippen LogP contribution < -0.4 is 10.1 Å². The molecular weight excluding hydrogens is 254 g/mol. The van der Waals surface area contributed by atoms with Crippen molar-refractivity contribution in [1.29, 1.82) is 0 Å². The van der Waals surface area contributed by atoms with Crippen molar-refractivity contribution in [2.24, 2.45) is 0 Å². The lowest BCUT2D eigenvalue weighted by Gasteiger charge is -2.12. The van der Waals surface area contributed by atoms with Crippen molar-refractivity contribution in [3.05, 3.63) is 28.8 Å². The van der Waals surface area contributed by atoms with Gasteiger partial charge in [-0.1, -0.05) is 24.6 Å². The molecule has 2 N–H and O–H groups in total. The second kappa shape index (κ2) is 7.24. The van der Waals surface area contributed by atoms with E-state index >= 15 is 0 Å². The number of benzene rings is 1. The molecule has 1 aromatic rings. The Kier molecular flexibility index (Phi) is 5.95. The first-order valence-corrected chi connectivity index (χ1v) is 6.31. The van der Waals surface area contributed by atoms with Crippen molar-refractivity contribution in [2.45, 2.75) is 32.9 Å². The Balaban J connectivity index is 2.64. The van der Waals surface area contributed by atoms with Gasteiger partial charge in [0.05, 0.1) is 5.02 Å². The second-order valence-electron chi connectivity index (χ2n) is 4.04. The number of carboxylic acid groups (broad SMARTS) is 1. The molecule has 0 amide bonds. The fourth-order valence-corrected chi connectivity index (χ4v) is 1.65. The maximum absolute atomic E-state index is 10.7. The standard InChI is InChI=1S/C13H18ClNO3/c1-3-6-15-8-10-4-5-12(11(14)7-10)18-9(2)13(16)17/h4-5,7,9,15H,3,6,8H2,1-2H3,(H,16,17). The van der Waals surface area contributed by atoms with Crippen molar-refractivity contribution in [1.82, 2.24) is 5.32 Å². The molecule has 0 aliphatic heterocycles. The smallest absolute Gasteiger partial charge is 0.344 e. The Morgan fingerprint density at radius 2 is 2.28 bits per heavy atom. The third kappa shape index (κ3) is 4.55. The maximum Gasteiger partial charge on any atom is 0.344 e. The fraction of sp³-hybridized carbons (Fsp3) is 0.462. The van der Waals surface area contributed by atoms with Crippen molar-refractivity contribution in [3.63, 3.8) is 0 Å². The van der Waals surface area contributed by atoms with E-state index in [1.807, 2.05) is 6.07 Å². The van der Waals surface area contributed by atoms with Gasteiger partial charge in [-0.3, -0.25) is 0 Å². The average Bonchev–Trinajstić information content (AvgIpc) is 2.32. The highest BCUT2D eigenvalue weighted by molar-refractivity contribution is 6.32. The molecule has 0 fully saturated rings. The molecular formula is C13H18ClNO3. The van der Waals surface area contributed by atoms with Gasteiger partial charge in [-0.2, -0.15) is 0 Å². The summed E-state index contributed by atoms with van der Waals surface area (Å²) in [6.45, 7) is 5.26.